The van der Waals surface area contributed by atoms with Crippen molar-refractivity contribution in [3.63, 3.8) is 0 Å². The van der Waals surface area contributed by atoms with Gasteiger partial charge in [0, 0.05) is 6.20 Å². The van der Waals surface area contributed by atoms with Gasteiger partial charge in [-0.2, -0.15) is 0 Å². The molecule has 0 aliphatic carbocycles. The minimum atomic E-state index is -1.28. The third kappa shape index (κ3) is 1.53. The minimum Gasteiger partial charge on any atom is -0.255 e. The van der Waals surface area contributed by atoms with E-state index in [2.05, 4.69) is 11.2 Å². The normalized spacial score (nSPS) is 11.5. The lowest BCUT2D eigenvalue weighted by atomic mass is 10.0. The highest BCUT2D eigenvalue weighted by Gasteiger charge is 2.17. The van der Waals surface area contributed by atoms with E-state index >= 15 is 0 Å². The third-order valence-corrected chi connectivity index (χ3v) is 1.31. The first-order chi connectivity index (χ1) is 4.61. The van der Waals surface area contributed by atoms with Crippen LogP contribution in [0.15, 0.2) is 18.3 Å². The maximum atomic E-state index is 13.1. The Balaban J connectivity index is 2.97. The van der Waals surface area contributed by atoms with Crippen molar-refractivity contribution >= 4 is 0 Å². The molecule has 0 amide bonds. The van der Waals surface area contributed by atoms with Crippen molar-refractivity contribution in [2.75, 3.05) is 0 Å². The van der Waals surface area contributed by atoms with Crippen LogP contribution in [-0.2, 0) is 5.67 Å². The van der Waals surface area contributed by atoms with Gasteiger partial charge in [0.1, 0.15) is 5.67 Å². The van der Waals surface area contributed by atoms with E-state index in [-0.39, 0.29) is 0 Å². The van der Waals surface area contributed by atoms with E-state index in [1.165, 1.54) is 20.0 Å². The highest BCUT2D eigenvalue weighted by molar-refractivity contribution is 5.16. The lowest BCUT2D eigenvalue weighted by Gasteiger charge is -2.12. The fourth-order valence-corrected chi connectivity index (χ4v) is 0.685. The number of halogens is 1. The summed E-state index contributed by atoms with van der Waals surface area (Å²) in [6.45, 7) is 3.02. The molecule has 10 heavy (non-hydrogen) atoms. The average Bonchev–Trinajstić information content (AvgIpc) is 1.88. The van der Waals surface area contributed by atoms with Crippen LogP contribution in [0.3, 0.4) is 0 Å². The van der Waals surface area contributed by atoms with Crippen LogP contribution in [0.4, 0.5) is 4.39 Å². The van der Waals surface area contributed by atoms with Gasteiger partial charge in [0.2, 0.25) is 0 Å². The largest absolute Gasteiger partial charge is 0.255 e. The van der Waals surface area contributed by atoms with E-state index in [0.29, 0.717) is 5.56 Å². The molecule has 0 saturated heterocycles. The Kier molecular flexibility index (Phi) is 1.70. The maximum Gasteiger partial charge on any atom is 0.130 e. The summed E-state index contributed by atoms with van der Waals surface area (Å²) in [5.74, 6) is 0. The standard InChI is InChI=1S/C8H9FN/c1-8(2,9)7-3-5-10-6-4-7/h3-5H,1-2H3. The highest BCUT2D eigenvalue weighted by Crippen LogP contribution is 2.22. The molecule has 0 spiro atoms. The molecule has 0 saturated carbocycles. The topological polar surface area (TPSA) is 12.9 Å². The Hall–Kier alpha value is -0.920. The molecule has 0 bridgehead atoms. The van der Waals surface area contributed by atoms with Gasteiger partial charge in [-0.15, -0.1) is 0 Å². The number of rotatable bonds is 1. The molecule has 0 unspecified atom stereocenters. The molecular weight excluding hydrogens is 129 g/mol. The lowest BCUT2D eigenvalue weighted by molar-refractivity contribution is 0.221. The first-order valence-electron chi connectivity index (χ1n) is 3.12. The number of hydrogen-bond donors (Lipinski definition) is 0. The molecule has 1 rings (SSSR count). The Morgan fingerprint density at radius 2 is 2.30 bits per heavy atom. The van der Waals surface area contributed by atoms with E-state index < -0.39 is 5.67 Å². The van der Waals surface area contributed by atoms with Crippen LogP contribution in [0.25, 0.3) is 0 Å². The molecule has 1 aromatic heterocycles. The molecule has 0 N–H and O–H groups in total. The van der Waals surface area contributed by atoms with Gasteiger partial charge in [0.25, 0.3) is 0 Å². The van der Waals surface area contributed by atoms with Crippen LogP contribution in [0.1, 0.15) is 19.4 Å². The first-order valence-corrected chi connectivity index (χ1v) is 3.12. The number of pyridine rings is 1. The average molecular weight is 138 g/mol. The van der Waals surface area contributed by atoms with E-state index in [1.54, 1.807) is 12.1 Å². The maximum absolute atomic E-state index is 13.1. The smallest absolute Gasteiger partial charge is 0.130 e. The quantitative estimate of drug-likeness (QED) is 0.579. The van der Waals surface area contributed by atoms with Gasteiger partial charge in [0.05, 0.1) is 6.20 Å². The van der Waals surface area contributed by atoms with Crippen LogP contribution in [0.2, 0.25) is 0 Å². The highest BCUT2D eigenvalue weighted by atomic mass is 19.1. The molecule has 53 valence electrons. The predicted octanol–water partition coefficient (Wildman–Crippen LogP) is 2.09. The summed E-state index contributed by atoms with van der Waals surface area (Å²) in [5, 5.41) is 0. The first kappa shape index (κ1) is 7.19. The van der Waals surface area contributed by atoms with Crippen molar-refractivity contribution in [1.82, 2.24) is 4.98 Å². The fourth-order valence-electron chi connectivity index (χ4n) is 0.685. The van der Waals surface area contributed by atoms with Gasteiger partial charge in [-0.1, -0.05) is 0 Å². The van der Waals surface area contributed by atoms with Crippen molar-refractivity contribution in [2.24, 2.45) is 0 Å². The fraction of sp³-hybridized carbons (Fsp3) is 0.375. The van der Waals surface area contributed by atoms with Crippen molar-refractivity contribution in [1.29, 1.82) is 0 Å². The molecule has 0 aliphatic heterocycles. The number of aromatic nitrogens is 1. The molecule has 0 aliphatic rings. The Bertz CT molecular complexity index is 200. The van der Waals surface area contributed by atoms with Gasteiger partial charge >= 0.3 is 0 Å². The van der Waals surface area contributed by atoms with Gasteiger partial charge in [0.15, 0.2) is 0 Å². The van der Waals surface area contributed by atoms with Crippen LogP contribution in [0, 0.1) is 6.20 Å². The zero-order chi connectivity index (χ0) is 7.61. The second-order valence-electron chi connectivity index (χ2n) is 2.65. The van der Waals surface area contributed by atoms with Crippen LogP contribution < -0.4 is 0 Å². The summed E-state index contributed by atoms with van der Waals surface area (Å²) < 4.78 is 13.1. The molecule has 0 atom stereocenters. The molecule has 1 aromatic rings. The van der Waals surface area contributed by atoms with Crippen LogP contribution in [0.5, 0.6) is 0 Å². The van der Waals surface area contributed by atoms with Crippen LogP contribution >= 0.6 is 0 Å². The third-order valence-electron chi connectivity index (χ3n) is 1.31. The summed E-state index contributed by atoms with van der Waals surface area (Å²) in [4.78, 5) is 3.67. The summed E-state index contributed by atoms with van der Waals surface area (Å²) in [6, 6.07) is 3.20. The predicted molar refractivity (Wildman–Crippen MR) is 37.2 cm³/mol. The van der Waals surface area contributed by atoms with Crippen molar-refractivity contribution < 1.29 is 4.39 Å². The minimum absolute atomic E-state index is 0.613. The molecule has 2 heteroatoms. The monoisotopic (exact) mass is 138 g/mol. The van der Waals surface area contributed by atoms with Gasteiger partial charge in [-0.3, -0.25) is 4.98 Å². The lowest BCUT2D eigenvalue weighted by Crippen LogP contribution is -2.08. The van der Waals surface area contributed by atoms with E-state index in [9.17, 15) is 4.39 Å². The molecule has 0 fully saturated rings. The Morgan fingerprint density at radius 3 is 2.60 bits per heavy atom. The van der Waals surface area contributed by atoms with Crippen molar-refractivity contribution in [3.05, 3.63) is 30.1 Å². The molecule has 1 radical (unpaired) electrons. The van der Waals surface area contributed by atoms with E-state index in [0.717, 1.165) is 0 Å². The van der Waals surface area contributed by atoms with E-state index in [1.807, 2.05) is 0 Å². The summed E-state index contributed by atoms with van der Waals surface area (Å²) in [5.41, 5.74) is -0.665. The van der Waals surface area contributed by atoms with Gasteiger partial charge in [-0.25, -0.2) is 4.39 Å². The Labute approximate surface area is 59.9 Å². The molecule has 0 aromatic carbocycles. The zero-order valence-electron chi connectivity index (χ0n) is 6.06. The molecule has 1 nitrogen and oxygen atoms in total. The number of alkyl halides is 1. The molecular formula is C8H9FN. The van der Waals surface area contributed by atoms with Gasteiger partial charge in [-0.05, 0) is 31.5 Å². The SMILES string of the molecule is CC(C)(F)c1c[c]ncc1. The second kappa shape index (κ2) is 2.37. The van der Waals surface area contributed by atoms with Crippen LogP contribution in [-0.4, -0.2) is 4.98 Å². The molecule has 1 heterocycles. The van der Waals surface area contributed by atoms with E-state index in [4.69, 9.17) is 0 Å². The summed E-state index contributed by atoms with van der Waals surface area (Å²) in [6.07, 6.45) is 4.12. The van der Waals surface area contributed by atoms with Gasteiger partial charge < -0.3 is 0 Å². The van der Waals surface area contributed by atoms with Crippen molar-refractivity contribution in [3.8, 4) is 0 Å². The summed E-state index contributed by atoms with van der Waals surface area (Å²) in [7, 11) is 0. The Morgan fingerprint density at radius 1 is 1.60 bits per heavy atom. The number of hydrogen-bond acceptors (Lipinski definition) is 1. The summed E-state index contributed by atoms with van der Waals surface area (Å²) >= 11 is 0. The zero-order valence-corrected chi connectivity index (χ0v) is 6.06. The van der Waals surface area contributed by atoms with Crippen molar-refractivity contribution in [2.45, 2.75) is 19.5 Å². The second-order valence-corrected chi connectivity index (χ2v) is 2.65. The number of nitrogens with zero attached hydrogens (tertiary/aromatic N) is 1.